The van der Waals surface area contributed by atoms with Crippen molar-refractivity contribution in [3.63, 3.8) is 0 Å². The third kappa shape index (κ3) is 4.77. The van der Waals surface area contributed by atoms with Gasteiger partial charge in [0.2, 0.25) is 0 Å². The van der Waals surface area contributed by atoms with Gasteiger partial charge in [0.05, 0.1) is 26.9 Å². The molecule has 0 spiro atoms. The molecule has 1 aliphatic rings. The lowest BCUT2D eigenvalue weighted by Crippen LogP contribution is -2.43. The van der Waals surface area contributed by atoms with Crippen molar-refractivity contribution in [2.24, 2.45) is 0 Å². The Labute approximate surface area is 158 Å². The summed E-state index contributed by atoms with van der Waals surface area (Å²) in [6.45, 7) is 1.34. The average molecular weight is 373 g/mol. The second kappa shape index (κ2) is 8.86. The van der Waals surface area contributed by atoms with E-state index < -0.39 is 0 Å². The van der Waals surface area contributed by atoms with Crippen molar-refractivity contribution in [1.29, 1.82) is 0 Å². The van der Waals surface area contributed by atoms with Gasteiger partial charge >= 0.3 is 0 Å². The number of likely N-dealkylation sites (tertiary alicyclic amines) is 1. The van der Waals surface area contributed by atoms with Crippen molar-refractivity contribution in [2.45, 2.75) is 25.6 Å². The normalized spacial score (nSPS) is 16.9. The lowest BCUT2D eigenvalue weighted by Gasteiger charge is -2.33. The zero-order chi connectivity index (χ0) is 19.2. The molecule has 3 rings (SSSR count). The Morgan fingerprint density at radius 2 is 1.85 bits per heavy atom. The molecule has 0 N–H and O–H groups in total. The van der Waals surface area contributed by atoms with Gasteiger partial charge in [0.15, 0.2) is 0 Å². The number of carbonyl (C=O) groups excluding carboxylic acids is 1. The van der Waals surface area contributed by atoms with Gasteiger partial charge in [-0.3, -0.25) is 4.79 Å². The summed E-state index contributed by atoms with van der Waals surface area (Å²) in [6.07, 6.45) is 1.57. The van der Waals surface area contributed by atoms with Crippen LogP contribution in [0.2, 0.25) is 0 Å². The molecule has 144 valence electrons. The molecule has 1 fully saturated rings. The molecule has 0 bridgehead atoms. The van der Waals surface area contributed by atoms with Gasteiger partial charge in [-0.2, -0.15) is 0 Å². The highest BCUT2D eigenvalue weighted by Gasteiger charge is 2.26. The third-order valence-corrected chi connectivity index (χ3v) is 4.70. The monoisotopic (exact) mass is 373 g/mol. The third-order valence-electron chi connectivity index (χ3n) is 4.70. The maximum absolute atomic E-state index is 13.7. The molecule has 1 amide bonds. The number of ether oxygens (including phenoxy) is 3. The van der Waals surface area contributed by atoms with Crippen LogP contribution >= 0.6 is 0 Å². The molecule has 2 aromatic rings. The van der Waals surface area contributed by atoms with Gasteiger partial charge in [-0.15, -0.1) is 0 Å². The van der Waals surface area contributed by atoms with Crippen molar-refractivity contribution in [1.82, 2.24) is 4.90 Å². The largest absolute Gasteiger partial charge is 0.497 e. The van der Waals surface area contributed by atoms with Crippen LogP contribution in [0.3, 0.4) is 0 Å². The number of hydrogen-bond donors (Lipinski definition) is 0. The number of rotatable bonds is 6. The Morgan fingerprint density at radius 3 is 2.52 bits per heavy atom. The highest BCUT2D eigenvalue weighted by molar-refractivity contribution is 5.95. The molecule has 1 atom stereocenters. The standard InChI is InChI=1S/C21H24FNO4/c1-25-18-10-16(11-19(12-18)26-2)21(24)23-9-5-7-17(13-23)27-14-15-6-3-4-8-20(15)22/h3-4,6,8,10-12,17H,5,7,9,13-14H2,1-2H3. The fourth-order valence-corrected chi connectivity index (χ4v) is 3.20. The van der Waals surface area contributed by atoms with Crippen molar-refractivity contribution >= 4 is 5.91 Å². The molecular weight excluding hydrogens is 349 g/mol. The minimum Gasteiger partial charge on any atom is -0.497 e. The Kier molecular flexibility index (Phi) is 6.29. The topological polar surface area (TPSA) is 48.0 Å². The van der Waals surface area contributed by atoms with Crippen LogP contribution in [0.5, 0.6) is 11.5 Å². The zero-order valence-corrected chi connectivity index (χ0v) is 15.6. The summed E-state index contributed by atoms with van der Waals surface area (Å²) < 4.78 is 30.1. The van der Waals surface area contributed by atoms with Crippen LogP contribution < -0.4 is 9.47 Å². The molecule has 1 aliphatic heterocycles. The average Bonchev–Trinajstić information content (AvgIpc) is 2.72. The lowest BCUT2D eigenvalue weighted by atomic mass is 10.1. The highest BCUT2D eigenvalue weighted by atomic mass is 19.1. The van der Waals surface area contributed by atoms with Gasteiger partial charge in [0.25, 0.3) is 5.91 Å². The first-order chi connectivity index (χ1) is 13.1. The molecule has 0 saturated carbocycles. The number of benzene rings is 2. The van der Waals surface area contributed by atoms with Crippen LogP contribution in [0.15, 0.2) is 42.5 Å². The Hall–Kier alpha value is -2.60. The smallest absolute Gasteiger partial charge is 0.254 e. The Morgan fingerprint density at radius 1 is 1.15 bits per heavy atom. The van der Waals surface area contributed by atoms with Gasteiger partial charge in [-0.05, 0) is 31.0 Å². The number of nitrogens with zero attached hydrogens (tertiary/aromatic N) is 1. The minimum atomic E-state index is -0.273. The van der Waals surface area contributed by atoms with Crippen molar-refractivity contribution in [3.8, 4) is 11.5 Å². The van der Waals surface area contributed by atoms with Crippen LogP contribution in [0, 0.1) is 5.82 Å². The van der Waals surface area contributed by atoms with E-state index in [1.54, 1.807) is 55.5 Å². The van der Waals surface area contributed by atoms with Gasteiger partial charge < -0.3 is 19.1 Å². The van der Waals surface area contributed by atoms with Crippen LogP contribution in [0.4, 0.5) is 4.39 Å². The summed E-state index contributed by atoms with van der Waals surface area (Å²) in [5.41, 5.74) is 1.04. The zero-order valence-electron chi connectivity index (χ0n) is 15.6. The quantitative estimate of drug-likeness (QED) is 0.775. The van der Waals surface area contributed by atoms with Crippen LogP contribution in [-0.2, 0) is 11.3 Å². The maximum atomic E-state index is 13.7. The summed E-state index contributed by atoms with van der Waals surface area (Å²) in [5, 5.41) is 0. The van der Waals surface area contributed by atoms with Crippen molar-refractivity contribution < 1.29 is 23.4 Å². The molecule has 1 heterocycles. The predicted molar refractivity (Wildman–Crippen MR) is 99.7 cm³/mol. The Balaban J connectivity index is 1.65. The summed E-state index contributed by atoms with van der Waals surface area (Å²) >= 11 is 0. The number of carbonyl (C=O) groups is 1. The summed E-state index contributed by atoms with van der Waals surface area (Å²) in [7, 11) is 3.10. The fraction of sp³-hybridized carbons (Fsp3) is 0.381. The van der Waals surface area contributed by atoms with Crippen molar-refractivity contribution in [3.05, 3.63) is 59.4 Å². The van der Waals surface area contributed by atoms with E-state index in [1.807, 2.05) is 0 Å². The molecule has 0 aromatic heterocycles. The highest BCUT2D eigenvalue weighted by Crippen LogP contribution is 2.25. The lowest BCUT2D eigenvalue weighted by molar-refractivity contribution is -0.00763. The van der Waals surface area contributed by atoms with E-state index in [2.05, 4.69) is 0 Å². The molecule has 5 nitrogen and oxygen atoms in total. The molecular formula is C21H24FNO4. The van der Waals surface area contributed by atoms with Gasteiger partial charge in [-0.25, -0.2) is 4.39 Å². The predicted octanol–water partition coefficient (Wildman–Crippen LogP) is 3.66. The van der Waals surface area contributed by atoms with E-state index in [9.17, 15) is 9.18 Å². The Bertz CT molecular complexity index is 773. The first-order valence-corrected chi connectivity index (χ1v) is 8.98. The molecule has 0 radical (unpaired) electrons. The van der Waals surface area contributed by atoms with Crippen LogP contribution in [0.1, 0.15) is 28.8 Å². The molecule has 0 aliphatic carbocycles. The number of piperidine rings is 1. The van der Waals surface area contributed by atoms with Gasteiger partial charge in [-0.1, -0.05) is 18.2 Å². The minimum absolute atomic E-state index is 0.0913. The van der Waals surface area contributed by atoms with Crippen molar-refractivity contribution in [2.75, 3.05) is 27.3 Å². The van der Waals surface area contributed by atoms with Crippen LogP contribution in [0.25, 0.3) is 0 Å². The summed E-state index contributed by atoms with van der Waals surface area (Å²) in [6, 6.07) is 11.7. The number of hydrogen-bond acceptors (Lipinski definition) is 4. The first-order valence-electron chi connectivity index (χ1n) is 8.98. The number of methoxy groups -OCH3 is 2. The SMILES string of the molecule is COc1cc(OC)cc(C(=O)N2CCCC(OCc3ccccc3F)C2)c1. The second-order valence-electron chi connectivity index (χ2n) is 6.52. The van der Waals surface area contributed by atoms with E-state index in [0.29, 0.717) is 35.7 Å². The van der Waals surface area contributed by atoms with E-state index in [-0.39, 0.29) is 24.4 Å². The molecule has 6 heteroatoms. The van der Waals surface area contributed by atoms with Crippen LogP contribution in [-0.4, -0.2) is 44.2 Å². The fourth-order valence-electron chi connectivity index (χ4n) is 3.20. The number of amides is 1. The summed E-state index contributed by atoms with van der Waals surface area (Å²) in [4.78, 5) is 14.7. The van der Waals surface area contributed by atoms with E-state index in [0.717, 1.165) is 12.8 Å². The molecule has 27 heavy (non-hydrogen) atoms. The molecule has 1 unspecified atom stereocenters. The summed E-state index contributed by atoms with van der Waals surface area (Å²) in [5.74, 6) is 0.778. The molecule has 1 saturated heterocycles. The number of halogens is 1. The second-order valence-corrected chi connectivity index (χ2v) is 6.52. The van der Waals surface area contributed by atoms with E-state index in [4.69, 9.17) is 14.2 Å². The molecule has 2 aromatic carbocycles. The van der Waals surface area contributed by atoms with Gasteiger partial charge in [0.1, 0.15) is 17.3 Å². The first kappa shape index (κ1) is 19.2. The van der Waals surface area contributed by atoms with E-state index in [1.165, 1.54) is 6.07 Å². The van der Waals surface area contributed by atoms with Gasteiger partial charge in [0, 0.05) is 30.3 Å². The van der Waals surface area contributed by atoms with E-state index >= 15 is 0 Å². The maximum Gasteiger partial charge on any atom is 0.254 e.